The number of rotatable bonds is 8. The Labute approximate surface area is 235 Å². The molecule has 4 aliphatic rings. The molecule has 7 rings (SSSR count). The molecular formula is C30H38BrN3O2S. The number of halogens is 1. The van der Waals surface area contributed by atoms with Crippen LogP contribution in [-0.4, -0.2) is 44.7 Å². The number of benzene rings is 2. The highest BCUT2D eigenvalue weighted by molar-refractivity contribution is 7.99. The summed E-state index contributed by atoms with van der Waals surface area (Å²) < 4.78 is 7.41. The molecule has 1 aromatic heterocycles. The zero-order chi connectivity index (χ0) is 24.4. The lowest BCUT2D eigenvalue weighted by molar-refractivity contribution is -0.955. The Morgan fingerprint density at radius 1 is 0.892 bits per heavy atom. The van der Waals surface area contributed by atoms with Crippen LogP contribution in [0.1, 0.15) is 67.9 Å². The van der Waals surface area contributed by atoms with Crippen molar-refractivity contribution < 1.29 is 31.0 Å². The SMILES string of the molecule is O[C@](c1ccccc1)(c1nnc(C[N+]23CCC(CC2)[C@@H](SCc2ccccc2)C3)o1)C1CCCCC1.[Br-]. The van der Waals surface area contributed by atoms with Gasteiger partial charge in [0.2, 0.25) is 0 Å². The summed E-state index contributed by atoms with van der Waals surface area (Å²) in [5, 5.41) is 21.8. The standard InChI is InChI=1S/C30H38N3O2S.BrH/c34-30(25-12-6-2-7-13-25,26-14-8-3-9-15-26)29-32-31-28(35-29)21-33-18-16-24(17-19-33)27(20-33)36-22-23-10-4-1-5-11-23;/h1-2,4-7,10-13,24,26-27,34H,3,8-9,14-22H2;1H/q+1;/p-1/t24?,27-,30-,33?;/m0./s1. The second-order valence-corrected chi connectivity index (χ2v) is 12.5. The van der Waals surface area contributed by atoms with Gasteiger partial charge in [0.1, 0.15) is 0 Å². The molecule has 5 nitrogen and oxygen atoms in total. The highest BCUT2D eigenvalue weighted by atomic mass is 79.9. The van der Waals surface area contributed by atoms with Gasteiger partial charge in [0.25, 0.3) is 11.8 Å². The number of hydrogen-bond acceptors (Lipinski definition) is 5. The van der Waals surface area contributed by atoms with Crippen LogP contribution in [0, 0.1) is 11.8 Å². The number of nitrogens with zero attached hydrogens (tertiary/aromatic N) is 3. The molecule has 1 N–H and O–H groups in total. The quantitative estimate of drug-likeness (QED) is 0.413. The molecule has 1 saturated carbocycles. The van der Waals surface area contributed by atoms with E-state index in [4.69, 9.17) is 4.42 Å². The van der Waals surface area contributed by atoms with Gasteiger partial charge in [0, 0.05) is 24.5 Å². The van der Waals surface area contributed by atoms with Crippen LogP contribution in [0.5, 0.6) is 0 Å². The van der Waals surface area contributed by atoms with Gasteiger partial charge >= 0.3 is 0 Å². The number of hydrogen-bond donors (Lipinski definition) is 1. The van der Waals surface area contributed by atoms with E-state index in [1.165, 1.54) is 44.5 Å². The minimum Gasteiger partial charge on any atom is -1.00 e. The van der Waals surface area contributed by atoms with Gasteiger partial charge in [0.15, 0.2) is 12.1 Å². The number of quaternary nitrogens is 1. The van der Waals surface area contributed by atoms with Crippen molar-refractivity contribution in [1.29, 1.82) is 0 Å². The molecule has 3 aliphatic heterocycles. The fourth-order valence-corrected chi connectivity index (χ4v) is 8.48. The van der Waals surface area contributed by atoms with Gasteiger partial charge in [-0.2, -0.15) is 0 Å². The second-order valence-electron chi connectivity index (χ2n) is 11.3. The first-order valence-electron chi connectivity index (χ1n) is 13.8. The third-order valence-electron chi connectivity index (χ3n) is 9.02. The summed E-state index contributed by atoms with van der Waals surface area (Å²) in [7, 11) is 0. The van der Waals surface area contributed by atoms with Crippen LogP contribution in [0.3, 0.4) is 0 Å². The van der Waals surface area contributed by atoms with Crippen LogP contribution in [0.25, 0.3) is 0 Å². The Kier molecular flexibility index (Phi) is 8.44. The van der Waals surface area contributed by atoms with Crippen molar-refractivity contribution in [2.75, 3.05) is 19.6 Å². The van der Waals surface area contributed by atoms with Crippen molar-refractivity contribution in [3.63, 3.8) is 0 Å². The molecule has 4 fully saturated rings. The topological polar surface area (TPSA) is 59.2 Å². The molecule has 0 radical (unpaired) electrons. The predicted octanol–water partition coefficient (Wildman–Crippen LogP) is 2.93. The van der Waals surface area contributed by atoms with Crippen LogP contribution in [-0.2, 0) is 17.9 Å². The van der Waals surface area contributed by atoms with Gasteiger partial charge in [-0.05, 0) is 29.9 Å². The Balaban J connectivity index is 0.00000280. The summed E-state index contributed by atoms with van der Waals surface area (Å²) in [6.45, 7) is 4.33. The highest BCUT2D eigenvalue weighted by Crippen LogP contribution is 2.45. The predicted molar refractivity (Wildman–Crippen MR) is 143 cm³/mol. The first-order valence-corrected chi connectivity index (χ1v) is 14.8. The van der Waals surface area contributed by atoms with E-state index in [1.807, 2.05) is 30.3 Å². The minimum absolute atomic E-state index is 0. The zero-order valence-electron chi connectivity index (χ0n) is 21.5. The summed E-state index contributed by atoms with van der Waals surface area (Å²) in [5.74, 6) is 3.08. The largest absolute Gasteiger partial charge is 1.00 e. The number of piperidine rings is 3. The summed E-state index contributed by atoms with van der Waals surface area (Å²) in [4.78, 5) is 0. The van der Waals surface area contributed by atoms with Crippen molar-refractivity contribution in [3.05, 3.63) is 83.6 Å². The maximum absolute atomic E-state index is 12.1. The number of aromatic nitrogens is 2. The maximum atomic E-state index is 12.1. The van der Waals surface area contributed by atoms with Gasteiger partial charge in [-0.1, -0.05) is 79.9 Å². The summed E-state index contributed by atoms with van der Waals surface area (Å²) in [6, 6.07) is 20.8. The normalized spacial score (nSPS) is 27.4. The summed E-state index contributed by atoms with van der Waals surface area (Å²) in [5.41, 5.74) is 1.07. The molecular weight excluding hydrogens is 546 g/mol. The van der Waals surface area contributed by atoms with E-state index in [0.29, 0.717) is 17.0 Å². The Morgan fingerprint density at radius 2 is 1.57 bits per heavy atom. The van der Waals surface area contributed by atoms with Crippen molar-refractivity contribution in [1.82, 2.24) is 10.2 Å². The fourth-order valence-electron chi connectivity index (χ4n) is 6.91. The van der Waals surface area contributed by atoms with Crippen molar-refractivity contribution >= 4 is 11.8 Å². The average molecular weight is 585 g/mol. The molecule has 0 unspecified atom stereocenters. The monoisotopic (exact) mass is 583 g/mol. The van der Waals surface area contributed by atoms with Crippen LogP contribution >= 0.6 is 11.8 Å². The lowest BCUT2D eigenvalue weighted by atomic mass is 9.73. The first-order chi connectivity index (χ1) is 17.6. The van der Waals surface area contributed by atoms with E-state index >= 15 is 0 Å². The summed E-state index contributed by atoms with van der Waals surface area (Å²) in [6.07, 6.45) is 8.07. The molecule has 0 amide bonds. The lowest BCUT2D eigenvalue weighted by Crippen LogP contribution is -3.00. The van der Waals surface area contributed by atoms with Crippen LogP contribution < -0.4 is 17.0 Å². The van der Waals surface area contributed by atoms with Crippen molar-refractivity contribution in [2.24, 2.45) is 11.8 Å². The van der Waals surface area contributed by atoms with Crippen LogP contribution in [0.4, 0.5) is 0 Å². The van der Waals surface area contributed by atoms with Gasteiger partial charge in [-0.25, -0.2) is 0 Å². The second kappa shape index (κ2) is 11.6. The third kappa shape index (κ3) is 5.56. The smallest absolute Gasteiger partial charge is 0.271 e. The molecule has 4 heterocycles. The molecule has 2 atom stereocenters. The molecule has 2 aromatic carbocycles. The molecule has 2 bridgehead atoms. The van der Waals surface area contributed by atoms with Gasteiger partial charge in [-0.15, -0.1) is 22.0 Å². The third-order valence-corrected chi connectivity index (χ3v) is 10.5. The maximum Gasteiger partial charge on any atom is 0.271 e. The van der Waals surface area contributed by atoms with Gasteiger partial charge < -0.3 is 31.0 Å². The highest BCUT2D eigenvalue weighted by Gasteiger charge is 2.48. The zero-order valence-corrected chi connectivity index (χ0v) is 23.9. The van der Waals surface area contributed by atoms with E-state index in [-0.39, 0.29) is 22.9 Å². The Hall–Kier alpha value is -1.67. The molecule has 0 spiro atoms. The van der Waals surface area contributed by atoms with E-state index < -0.39 is 5.60 Å². The Bertz CT molecular complexity index is 1130. The molecule has 198 valence electrons. The van der Waals surface area contributed by atoms with E-state index in [1.54, 1.807) is 0 Å². The lowest BCUT2D eigenvalue weighted by Gasteiger charge is -2.52. The molecule has 7 heteroatoms. The van der Waals surface area contributed by atoms with Crippen molar-refractivity contribution in [2.45, 2.75) is 68.1 Å². The molecule has 3 aromatic rings. The van der Waals surface area contributed by atoms with E-state index in [0.717, 1.165) is 53.9 Å². The molecule has 37 heavy (non-hydrogen) atoms. The summed E-state index contributed by atoms with van der Waals surface area (Å²) >= 11 is 2.13. The Morgan fingerprint density at radius 3 is 2.27 bits per heavy atom. The fraction of sp³-hybridized carbons (Fsp3) is 0.533. The van der Waals surface area contributed by atoms with Gasteiger partial charge in [-0.3, -0.25) is 0 Å². The number of thioether (sulfide) groups is 1. The van der Waals surface area contributed by atoms with E-state index in [9.17, 15) is 5.11 Å². The number of fused-ring (bicyclic) bond motifs is 3. The van der Waals surface area contributed by atoms with E-state index in [2.05, 4.69) is 52.3 Å². The molecule has 3 saturated heterocycles. The average Bonchev–Trinajstić information content (AvgIpc) is 3.42. The minimum atomic E-state index is -1.21. The number of aliphatic hydroxyl groups is 1. The van der Waals surface area contributed by atoms with Crippen LogP contribution in [0.15, 0.2) is 65.1 Å². The van der Waals surface area contributed by atoms with Crippen LogP contribution in [0.2, 0.25) is 0 Å². The molecule has 1 aliphatic carbocycles. The first kappa shape index (κ1) is 26.9. The van der Waals surface area contributed by atoms with Crippen molar-refractivity contribution in [3.8, 4) is 0 Å². The van der Waals surface area contributed by atoms with Gasteiger partial charge in [0.05, 0.1) is 24.9 Å².